The number of carbonyl (C=O) groups is 7. The lowest BCUT2D eigenvalue weighted by Gasteiger charge is -2.25. The molecule has 8 N–H and O–H groups in total. The molecule has 424 valence electrons. The summed E-state index contributed by atoms with van der Waals surface area (Å²) >= 11 is 0. The second-order valence-electron chi connectivity index (χ2n) is 18.8. The molecule has 0 radical (unpaired) electrons. The summed E-state index contributed by atoms with van der Waals surface area (Å²) in [5.41, 5.74) is 2.30. The zero-order chi connectivity index (χ0) is 57.1. The summed E-state index contributed by atoms with van der Waals surface area (Å²) in [6.07, 6.45) is -1.31. The molecule has 78 heavy (non-hydrogen) atoms. The van der Waals surface area contributed by atoms with Crippen LogP contribution in [-0.4, -0.2) is 172 Å². The van der Waals surface area contributed by atoms with Gasteiger partial charge in [0, 0.05) is 50.9 Å². The minimum atomic E-state index is -1.42. The molecule has 0 saturated carbocycles. The van der Waals surface area contributed by atoms with E-state index in [-0.39, 0.29) is 123 Å². The van der Waals surface area contributed by atoms with Gasteiger partial charge in [0.15, 0.2) is 23.0 Å². The van der Waals surface area contributed by atoms with Gasteiger partial charge in [-0.05, 0) is 55.5 Å². The van der Waals surface area contributed by atoms with Crippen molar-refractivity contribution in [2.24, 2.45) is 5.92 Å². The molecule has 2 fully saturated rings. The Morgan fingerprint density at radius 3 is 1.69 bits per heavy atom. The van der Waals surface area contributed by atoms with Crippen LogP contribution in [0.4, 0.5) is 26.7 Å². The maximum absolute atomic E-state index is 14.1. The van der Waals surface area contributed by atoms with E-state index >= 15 is 0 Å². The summed E-state index contributed by atoms with van der Waals surface area (Å²) in [5.74, 6) is -2.27. The summed E-state index contributed by atoms with van der Waals surface area (Å²) in [5, 5.41) is 42.5. The number of anilines is 3. The molecular formula is C54H71N7O17. The largest absolute Gasteiger partial charge is 0.493 e. The maximum atomic E-state index is 14.1. The first-order valence-electron chi connectivity index (χ1n) is 25.2. The predicted molar refractivity (Wildman–Crippen MR) is 285 cm³/mol. The fraction of sp³-hybridized carbons (Fsp3) is 0.463. The predicted octanol–water partition coefficient (Wildman–Crippen LogP) is 4.55. The molecule has 0 aliphatic carbocycles. The highest BCUT2D eigenvalue weighted by Gasteiger charge is 2.35. The molecule has 5 rings (SSSR count). The first-order valence-corrected chi connectivity index (χ1v) is 25.2. The number of nitrogens with zero attached hydrogens (tertiary/aromatic N) is 2. The van der Waals surface area contributed by atoms with Crippen LogP contribution < -0.4 is 45.5 Å². The molecule has 2 heterocycles. The number of ether oxygens (including phenoxy) is 7. The van der Waals surface area contributed by atoms with Crippen LogP contribution in [0.15, 0.2) is 72.8 Å². The SMILES string of the molecule is C=C1C[C@@H](CO)N(C(=O)c2cc(OC)c(OCCCOc3cc(NC(=O)OCc4ccc(NC(=O)C(C)NC(=O)C(NC(=O)CCOCCOC)C(C)C)cc4)c(C(=O)N4CC(=C)C[C@H]4CO)cc3OC)cc2NC(=O)O)C1. The Kier molecular flexibility index (Phi) is 23.1. The Bertz CT molecular complexity index is 2650. The number of rotatable bonds is 28. The average molecular weight is 1090 g/mol. The molecule has 2 unspecified atom stereocenters. The normalized spacial score (nSPS) is 15.8. The van der Waals surface area contributed by atoms with E-state index < -0.39 is 60.0 Å². The second kappa shape index (κ2) is 29.5. The van der Waals surface area contributed by atoms with E-state index in [1.54, 1.807) is 38.1 Å². The highest BCUT2D eigenvalue weighted by atomic mass is 16.6. The van der Waals surface area contributed by atoms with E-state index in [2.05, 4.69) is 39.7 Å². The lowest BCUT2D eigenvalue weighted by molar-refractivity contribution is -0.132. The lowest BCUT2D eigenvalue weighted by Crippen LogP contribution is -2.53. The summed E-state index contributed by atoms with van der Waals surface area (Å²) in [7, 11) is 4.27. The molecule has 2 saturated heterocycles. The van der Waals surface area contributed by atoms with E-state index in [1.165, 1.54) is 62.3 Å². The second-order valence-corrected chi connectivity index (χ2v) is 18.8. The highest BCUT2D eigenvalue weighted by Crippen LogP contribution is 2.38. The molecule has 4 atom stereocenters. The Morgan fingerprint density at radius 1 is 0.667 bits per heavy atom. The van der Waals surface area contributed by atoms with Crippen LogP contribution in [0.3, 0.4) is 0 Å². The Labute approximate surface area is 452 Å². The number of hydrogen-bond donors (Lipinski definition) is 8. The molecule has 3 aromatic carbocycles. The Hall–Kier alpha value is -7.93. The first kappa shape index (κ1) is 60.9. The van der Waals surface area contributed by atoms with Crippen molar-refractivity contribution < 1.29 is 82.0 Å². The van der Waals surface area contributed by atoms with Gasteiger partial charge >= 0.3 is 12.2 Å². The van der Waals surface area contributed by atoms with Gasteiger partial charge in [-0.3, -0.25) is 34.6 Å². The van der Waals surface area contributed by atoms with Gasteiger partial charge in [0.1, 0.15) is 18.7 Å². The van der Waals surface area contributed by atoms with Crippen LogP contribution in [0.25, 0.3) is 0 Å². The molecule has 7 amide bonds. The zero-order valence-electron chi connectivity index (χ0n) is 44.8. The van der Waals surface area contributed by atoms with Crippen LogP contribution in [0.5, 0.6) is 23.0 Å². The quantitative estimate of drug-likeness (QED) is 0.0365. The standard InChI is InChI=1S/C54H71N7O17/c1-31(2)48(59-47(64)14-17-75-19-18-72-6)50(66)55-34(5)49(65)56-36-12-10-35(11-13-36)30-78-54(71)58-42-25-46(44(74-8)23-40(42)52(68)61-27-33(4)21-38(61)29-63)77-16-9-15-76-45-24-41(57-53(69)70)39(22-43(45)73-7)51(67)60-26-32(3)20-37(60)28-62/h10-13,22-25,31,34,37-38,48,57,62-63H,3-4,9,14-21,26-30H2,1-2,5-8H3,(H,55,66)(H,56,65)(H,58,71)(H,59,64)(H,69,70)/t34?,37-,38-,48?/m0/s1. The Balaban J connectivity index is 1.22. The molecule has 0 spiro atoms. The van der Waals surface area contributed by atoms with Crippen LogP contribution in [0.2, 0.25) is 0 Å². The van der Waals surface area contributed by atoms with Crippen molar-refractivity contribution in [1.82, 2.24) is 20.4 Å². The average Bonchev–Trinajstić information content (AvgIpc) is 4.00. The molecule has 2 aliphatic heterocycles. The van der Waals surface area contributed by atoms with Crippen molar-refractivity contribution in [3.8, 4) is 23.0 Å². The van der Waals surface area contributed by atoms with Crippen molar-refractivity contribution in [1.29, 1.82) is 0 Å². The van der Waals surface area contributed by atoms with Crippen LogP contribution in [0, 0.1) is 5.92 Å². The fourth-order valence-corrected chi connectivity index (χ4v) is 8.42. The molecule has 24 nitrogen and oxygen atoms in total. The summed E-state index contributed by atoms with van der Waals surface area (Å²) in [4.78, 5) is 94.6. The third kappa shape index (κ3) is 17.0. The number of aliphatic hydroxyl groups is 2. The van der Waals surface area contributed by atoms with Gasteiger partial charge in [-0.1, -0.05) is 50.3 Å². The van der Waals surface area contributed by atoms with E-state index in [4.69, 9.17) is 33.2 Å². The number of methoxy groups -OCH3 is 3. The van der Waals surface area contributed by atoms with Crippen LogP contribution in [-0.2, 0) is 35.2 Å². The summed E-state index contributed by atoms with van der Waals surface area (Å²) in [6.45, 7) is 13.3. The minimum Gasteiger partial charge on any atom is -0.493 e. The fourth-order valence-electron chi connectivity index (χ4n) is 8.42. The van der Waals surface area contributed by atoms with Gasteiger partial charge in [0.2, 0.25) is 17.7 Å². The van der Waals surface area contributed by atoms with Crippen molar-refractivity contribution in [2.45, 2.75) is 77.2 Å². The van der Waals surface area contributed by atoms with E-state index in [0.29, 0.717) is 37.3 Å². The van der Waals surface area contributed by atoms with Gasteiger partial charge < -0.3 is 74.2 Å². The van der Waals surface area contributed by atoms with Gasteiger partial charge in [-0.2, -0.15) is 0 Å². The van der Waals surface area contributed by atoms with Gasteiger partial charge in [-0.25, -0.2) is 9.59 Å². The number of hydrogen-bond acceptors (Lipinski definition) is 16. The zero-order valence-corrected chi connectivity index (χ0v) is 44.8. The van der Waals surface area contributed by atoms with Crippen LogP contribution in [0.1, 0.15) is 72.7 Å². The summed E-state index contributed by atoms with van der Waals surface area (Å²) in [6, 6.07) is 8.91. The third-order valence-electron chi connectivity index (χ3n) is 12.5. The molecule has 0 aromatic heterocycles. The maximum Gasteiger partial charge on any atom is 0.411 e. The van der Waals surface area contributed by atoms with E-state index in [9.17, 15) is 48.9 Å². The summed E-state index contributed by atoms with van der Waals surface area (Å²) < 4.78 is 39.0. The van der Waals surface area contributed by atoms with Gasteiger partial charge in [0.05, 0.1) is 95.1 Å². The van der Waals surface area contributed by atoms with Crippen molar-refractivity contribution in [3.63, 3.8) is 0 Å². The lowest BCUT2D eigenvalue weighted by atomic mass is 10.0. The van der Waals surface area contributed by atoms with Crippen molar-refractivity contribution in [3.05, 3.63) is 89.5 Å². The number of nitrogens with one attached hydrogen (secondary N) is 5. The topological polar surface area (TPSA) is 311 Å². The molecule has 24 heteroatoms. The molecule has 3 aromatic rings. The molecular weight excluding hydrogens is 1020 g/mol. The first-order chi connectivity index (χ1) is 37.3. The van der Waals surface area contributed by atoms with Gasteiger partial charge in [-0.15, -0.1) is 0 Å². The monoisotopic (exact) mass is 1090 g/mol. The van der Waals surface area contributed by atoms with E-state index in [1.807, 2.05) is 0 Å². The van der Waals surface area contributed by atoms with Gasteiger partial charge in [0.25, 0.3) is 11.8 Å². The smallest absolute Gasteiger partial charge is 0.411 e. The number of aliphatic hydroxyl groups excluding tert-OH is 2. The van der Waals surface area contributed by atoms with Crippen LogP contribution >= 0.6 is 0 Å². The Morgan fingerprint density at radius 2 is 1.21 bits per heavy atom. The van der Waals surface area contributed by atoms with Crippen molar-refractivity contribution in [2.75, 3.05) is 96.6 Å². The number of carbonyl (C=O) groups excluding carboxylic acids is 6. The minimum absolute atomic E-state index is 0.00191. The number of carboxylic acid groups (broad SMARTS) is 1. The number of likely N-dealkylation sites (tertiary alicyclic amines) is 2. The number of benzene rings is 3. The molecule has 2 aliphatic rings. The highest BCUT2D eigenvalue weighted by molar-refractivity contribution is 6.05. The number of amides is 7. The third-order valence-corrected chi connectivity index (χ3v) is 12.5. The van der Waals surface area contributed by atoms with Crippen molar-refractivity contribution >= 4 is 58.8 Å². The van der Waals surface area contributed by atoms with E-state index in [0.717, 1.165) is 11.1 Å². The molecule has 0 bridgehead atoms.